The molecule has 4 nitrogen and oxygen atoms in total. The van der Waals surface area contributed by atoms with Gasteiger partial charge in [-0.25, -0.2) is 0 Å². The van der Waals surface area contributed by atoms with E-state index in [-0.39, 0.29) is 24.8 Å². The van der Waals surface area contributed by atoms with Gasteiger partial charge in [-0.3, -0.25) is 5.41 Å². The largest absolute Gasteiger partial charge is 0.417 e. The molecule has 0 fully saturated rings. The van der Waals surface area contributed by atoms with Gasteiger partial charge in [0.25, 0.3) is 0 Å². The first-order valence-corrected chi connectivity index (χ1v) is 6.11. The number of rotatable bonds is 5. The Bertz CT molecular complexity index is 486. The number of hydrogen-bond donors (Lipinski definition) is 3. The van der Waals surface area contributed by atoms with Crippen LogP contribution in [-0.2, 0) is 6.18 Å². The van der Waals surface area contributed by atoms with Gasteiger partial charge in [0.2, 0.25) is 0 Å². The molecule has 0 aliphatic heterocycles. The fraction of sp³-hybridized carbons (Fsp3) is 0.462. The summed E-state index contributed by atoms with van der Waals surface area (Å²) in [4.78, 5) is 1.65. The molecule has 0 saturated carbocycles. The molecule has 0 aromatic heterocycles. The van der Waals surface area contributed by atoms with Gasteiger partial charge >= 0.3 is 6.18 Å². The van der Waals surface area contributed by atoms with Crippen LogP contribution in [0.5, 0.6) is 0 Å². The zero-order chi connectivity index (χ0) is 15.5. The van der Waals surface area contributed by atoms with Crippen LogP contribution in [0, 0.1) is 5.41 Å². The highest BCUT2D eigenvalue weighted by atomic mass is 19.4. The minimum absolute atomic E-state index is 0.0635. The van der Waals surface area contributed by atoms with E-state index in [2.05, 4.69) is 0 Å². The lowest BCUT2D eigenvalue weighted by molar-refractivity contribution is -0.137. The average molecular weight is 289 g/mol. The highest BCUT2D eigenvalue weighted by Crippen LogP contribution is 2.34. The Hall–Kier alpha value is -1.76. The minimum atomic E-state index is -4.58. The second-order valence-corrected chi connectivity index (χ2v) is 4.65. The maximum absolute atomic E-state index is 13.0. The highest BCUT2D eigenvalue weighted by molar-refractivity contribution is 5.97. The lowest BCUT2D eigenvalue weighted by Gasteiger charge is -2.29. The van der Waals surface area contributed by atoms with Crippen LogP contribution in [0.15, 0.2) is 18.2 Å². The summed E-state index contributed by atoms with van der Waals surface area (Å²) in [6.45, 7) is 3.71. The molecule has 0 radical (unpaired) electrons. The number of hydrogen-bond acceptors (Lipinski definition) is 3. The third-order valence-electron chi connectivity index (χ3n) is 2.89. The maximum atomic E-state index is 13.0. The Morgan fingerprint density at radius 2 is 2.00 bits per heavy atom. The second kappa shape index (κ2) is 6.13. The Morgan fingerprint density at radius 1 is 1.40 bits per heavy atom. The van der Waals surface area contributed by atoms with E-state index < -0.39 is 17.6 Å². The number of nitrogens with zero attached hydrogens (tertiary/aromatic N) is 1. The number of nitrogens with one attached hydrogen (secondary N) is 1. The molecule has 4 N–H and O–H groups in total. The number of nitrogens with two attached hydrogens (primary N) is 1. The molecule has 1 aromatic rings. The van der Waals surface area contributed by atoms with Gasteiger partial charge in [0.1, 0.15) is 5.84 Å². The third-order valence-corrected chi connectivity index (χ3v) is 2.89. The Labute approximate surface area is 115 Å². The standard InChI is InChI=1S/C13H18F3N3O/c1-8(2)19(5-6-20)9-3-4-10(12(17)18)11(7-9)13(14,15)16/h3-4,7-8,20H,5-6H2,1-2H3,(H3,17,18). The summed E-state index contributed by atoms with van der Waals surface area (Å²) in [5, 5.41) is 16.2. The van der Waals surface area contributed by atoms with Crippen LogP contribution in [-0.4, -0.2) is 30.1 Å². The number of halogens is 3. The molecule has 0 amide bonds. The molecule has 0 atom stereocenters. The number of benzene rings is 1. The van der Waals surface area contributed by atoms with Crippen LogP contribution in [0.25, 0.3) is 0 Å². The lowest BCUT2D eigenvalue weighted by Crippen LogP contribution is -2.33. The zero-order valence-electron chi connectivity index (χ0n) is 11.3. The van der Waals surface area contributed by atoms with Gasteiger partial charge in [-0.05, 0) is 32.0 Å². The summed E-state index contributed by atoms with van der Waals surface area (Å²) in [6, 6.07) is 3.56. The molecular weight excluding hydrogens is 271 g/mol. The van der Waals surface area contributed by atoms with E-state index in [1.54, 1.807) is 4.90 Å². The first kappa shape index (κ1) is 16.3. The van der Waals surface area contributed by atoms with Crippen LogP contribution in [0.2, 0.25) is 0 Å². The van der Waals surface area contributed by atoms with Crippen LogP contribution in [0.4, 0.5) is 18.9 Å². The van der Waals surface area contributed by atoms with Crippen molar-refractivity contribution in [3.8, 4) is 0 Å². The van der Waals surface area contributed by atoms with Crippen molar-refractivity contribution in [2.75, 3.05) is 18.1 Å². The van der Waals surface area contributed by atoms with Gasteiger partial charge in [-0.1, -0.05) is 0 Å². The summed E-state index contributed by atoms with van der Waals surface area (Å²) in [5.41, 5.74) is 4.25. The number of nitrogen functional groups attached to an aromatic ring is 1. The summed E-state index contributed by atoms with van der Waals surface area (Å²) in [5.74, 6) is -0.623. The molecule has 0 saturated heterocycles. The van der Waals surface area contributed by atoms with E-state index in [1.165, 1.54) is 12.1 Å². The summed E-state index contributed by atoms with van der Waals surface area (Å²) in [6.07, 6.45) is -4.58. The zero-order valence-corrected chi connectivity index (χ0v) is 11.3. The van der Waals surface area contributed by atoms with Crippen molar-refractivity contribution >= 4 is 11.5 Å². The molecule has 0 aliphatic rings. The van der Waals surface area contributed by atoms with E-state index in [9.17, 15) is 13.2 Å². The van der Waals surface area contributed by atoms with E-state index in [1.807, 2.05) is 13.8 Å². The predicted octanol–water partition coefficient (Wildman–Crippen LogP) is 2.20. The van der Waals surface area contributed by atoms with Crippen molar-refractivity contribution < 1.29 is 18.3 Å². The maximum Gasteiger partial charge on any atom is 0.417 e. The molecule has 112 valence electrons. The molecule has 20 heavy (non-hydrogen) atoms. The molecule has 0 heterocycles. The van der Waals surface area contributed by atoms with Crippen molar-refractivity contribution in [1.82, 2.24) is 0 Å². The Kier molecular flexibility index (Phi) is 4.99. The van der Waals surface area contributed by atoms with E-state index in [0.717, 1.165) is 6.07 Å². The van der Waals surface area contributed by atoms with Gasteiger partial charge in [0.15, 0.2) is 0 Å². The Morgan fingerprint density at radius 3 is 2.40 bits per heavy atom. The number of aliphatic hydroxyl groups is 1. The highest BCUT2D eigenvalue weighted by Gasteiger charge is 2.34. The lowest BCUT2D eigenvalue weighted by atomic mass is 10.0. The summed E-state index contributed by atoms with van der Waals surface area (Å²) < 4.78 is 39.1. The van der Waals surface area contributed by atoms with E-state index in [4.69, 9.17) is 16.2 Å². The molecule has 1 rings (SSSR count). The number of amidine groups is 1. The first-order valence-electron chi connectivity index (χ1n) is 6.11. The summed E-state index contributed by atoms with van der Waals surface area (Å²) >= 11 is 0. The van der Waals surface area contributed by atoms with Crippen molar-refractivity contribution in [2.24, 2.45) is 5.73 Å². The molecule has 0 aliphatic carbocycles. The molecule has 7 heteroatoms. The molecule has 0 spiro atoms. The van der Waals surface area contributed by atoms with Crippen molar-refractivity contribution in [3.05, 3.63) is 29.3 Å². The fourth-order valence-corrected chi connectivity index (χ4v) is 1.97. The van der Waals surface area contributed by atoms with Crippen LogP contribution >= 0.6 is 0 Å². The van der Waals surface area contributed by atoms with Gasteiger partial charge in [0.05, 0.1) is 12.2 Å². The predicted molar refractivity (Wildman–Crippen MR) is 72.0 cm³/mol. The second-order valence-electron chi connectivity index (χ2n) is 4.65. The van der Waals surface area contributed by atoms with Gasteiger partial charge in [-0.15, -0.1) is 0 Å². The number of anilines is 1. The van der Waals surface area contributed by atoms with Crippen LogP contribution < -0.4 is 10.6 Å². The quantitative estimate of drug-likeness (QED) is 0.574. The number of alkyl halides is 3. The Balaban J connectivity index is 3.34. The van der Waals surface area contributed by atoms with Crippen LogP contribution in [0.1, 0.15) is 25.0 Å². The summed E-state index contributed by atoms with van der Waals surface area (Å²) in [7, 11) is 0. The molecule has 0 unspecified atom stereocenters. The monoisotopic (exact) mass is 289 g/mol. The third kappa shape index (κ3) is 3.63. The number of aliphatic hydroxyl groups excluding tert-OH is 1. The van der Waals surface area contributed by atoms with Crippen LogP contribution in [0.3, 0.4) is 0 Å². The van der Waals surface area contributed by atoms with E-state index in [0.29, 0.717) is 5.69 Å². The first-order chi connectivity index (χ1) is 9.18. The van der Waals surface area contributed by atoms with Crippen molar-refractivity contribution in [1.29, 1.82) is 5.41 Å². The van der Waals surface area contributed by atoms with Gasteiger partial charge in [-0.2, -0.15) is 13.2 Å². The average Bonchev–Trinajstić information content (AvgIpc) is 2.33. The molecule has 1 aromatic carbocycles. The minimum Gasteiger partial charge on any atom is -0.395 e. The van der Waals surface area contributed by atoms with Gasteiger partial charge in [0, 0.05) is 23.8 Å². The fourth-order valence-electron chi connectivity index (χ4n) is 1.97. The van der Waals surface area contributed by atoms with Crippen molar-refractivity contribution in [2.45, 2.75) is 26.1 Å². The molecule has 0 bridgehead atoms. The van der Waals surface area contributed by atoms with E-state index >= 15 is 0 Å². The van der Waals surface area contributed by atoms with Gasteiger partial charge < -0.3 is 15.7 Å². The molecular formula is C13H18F3N3O. The topological polar surface area (TPSA) is 73.3 Å². The normalized spacial score (nSPS) is 11.8. The smallest absolute Gasteiger partial charge is 0.395 e. The SMILES string of the molecule is CC(C)N(CCO)c1ccc(C(=N)N)c(C(F)(F)F)c1. The van der Waals surface area contributed by atoms with Crippen molar-refractivity contribution in [3.63, 3.8) is 0 Å².